The van der Waals surface area contributed by atoms with E-state index in [0.29, 0.717) is 25.0 Å². The molecule has 216 valence electrons. The van der Waals surface area contributed by atoms with E-state index < -0.39 is 5.82 Å². The van der Waals surface area contributed by atoms with Gasteiger partial charge in [-0.3, -0.25) is 14.5 Å². The quantitative estimate of drug-likeness (QED) is 0.223. The van der Waals surface area contributed by atoms with Crippen LogP contribution in [-0.2, 0) is 14.3 Å². The highest BCUT2D eigenvalue weighted by Crippen LogP contribution is 2.52. The molecular formula is C35H40FNO4. The summed E-state index contributed by atoms with van der Waals surface area (Å²) in [6.07, 6.45) is 9.14. The molecule has 2 aromatic carbocycles. The number of phenolic OH excluding ortho intramolecular Hbond substituents is 1. The Morgan fingerprint density at radius 2 is 1.80 bits per heavy atom. The number of nitrogens with zero attached hydrogens (tertiary/aromatic N) is 1. The van der Waals surface area contributed by atoms with Crippen molar-refractivity contribution >= 4 is 23.5 Å². The van der Waals surface area contributed by atoms with Crippen LogP contribution in [0.15, 0.2) is 59.7 Å². The molecule has 41 heavy (non-hydrogen) atoms. The average Bonchev–Trinajstić information content (AvgIpc) is 3.51. The van der Waals surface area contributed by atoms with Crippen LogP contribution in [0.1, 0.15) is 76.3 Å². The van der Waals surface area contributed by atoms with Crippen molar-refractivity contribution in [2.24, 2.45) is 23.7 Å². The zero-order chi connectivity index (χ0) is 28.7. The lowest BCUT2D eigenvalue weighted by molar-refractivity contribution is -0.143. The van der Waals surface area contributed by atoms with Crippen LogP contribution in [0.5, 0.6) is 5.75 Å². The van der Waals surface area contributed by atoms with Crippen LogP contribution in [-0.4, -0.2) is 40.6 Å². The summed E-state index contributed by atoms with van der Waals surface area (Å²) in [7, 11) is 0. The largest absolute Gasteiger partial charge is 0.505 e. The second-order valence-corrected chi connectivity index (χ2v) is 12.5. The van der Waals surface area contributed by atoms with Crippen LogP contribution in [0.3, 0.4) is 0 Å². The van der Waals surface area contributed by atoms with Crippen LogP contribution in [0.4, 0.5) is 4.39 Å². The van der Waals surface area contributed by atoms with Crippen LogP contribution in [0, 0.1) is 29.5 Å². The molecule has 0 unspecified atom stereocenters. The van der Waals surface area contributed by atoms with E-state index in [1.807, 2.05) is 36.4 Å². The Kier molecular flexibility index (Phi) is 7.86. The first-order valence-electron chi connectivity index (χ1n) is 15.3. The Bertz CT molecular complexity index is 1370. The van der Waals surface area contributed by atoms with Crippen LogP contribution in [0.2, 0.25) is 0 Å². The summed E-state index contributed by atoms with van der Waals surface area (Å²) in [6.45, 7) is 4.84. The van der Waals surface area contributed by atoms with Gasteiger partial charge in [0.25, 0.3) is 0 Å². The Morgan fingerprint density at radius 3 is 2.51 bits per heavy atom. The van der Waals surface area contributed by atoms with Crippen molar-refractivity contribution in [3.8, 4) is 5.75 Å². The Balaban J connectivity index is 1.27. The summed E-state index contributed by atoms with van der Waals surface area (Å²) in [5.41, 5.74) is 5.33. The molecule has 5 nitrogen and oxygen atoms in total. The lowest BCUT2D eigenvalue weighted by atomic mass is 9.67. The van der Waals surface area contributed by atoms with Gasteiger partial charge >= 0.3 is 0 Å². The van der Waals surface area contributed by atoms with E-state index in [0.717, 1.165) is 43.2 Å². The van der Waals surface area contributed by atoms with Gasteiger partial charge in [0.05, 0.1) is 24.5 Å². The first-order valence-corrected chi connectivity index (χ1v) is 15.3. The number of carbonyl (C=O) groups is 2. The standard InChI is InChI=1S/C35H40FNO4/c1-21(2)26-19-27-33(35(40)37(34(27)39)25-11-7-4-8-12-25)28-20-41-31(32(26)28)16-14-24(23-9-5-3-6-10-23)17-22-13-15-30(38)29(36)18-22/h3,5-6,9-10,13,15,17-18,21,25,27-28,31,33,38H,4,7-8,11-12,14,16,19-20H2,1-2H3/b24-17-/t27-,28+,31-,33-/m1/s1. The molecule has 2 amide bonds. The fraction of sp³-hybridized carbons (Fsp3) is 0.486. The van der Waals surface area contributed by atoms with E-state index in [-0.39, 0.29) is 53.4 Å². The van der Waals surface area contributed by atoms with Crippen molar-refractivity contribution in [1.82, 2.24) is 4.90 Å². The summed E-state index contributed by atoms with van der Waals surface area (Å²) in [4.78, 5) is 29.2. The van der Waals surface area contributed by atoms with E-state index in [2.05, 4.69) is 13.8 Å². The van der Waals surface area contributed by atoms with Gasteiger partial charge in [0, 0.05) is 12.0 Å². The monoisotopic (exact) mass is 557 g/mol. The molecule has 2 aromatic rings. The van der Waals surface area contributed by atoms with Crippen LogP contribution >= 0.6 is 0 Å². The third-order valence-corrected chi connectivity index (χ3v) is 9.75. The van der Waals surface area contributed by atoms with Crippen molar-refractivity contribution < 1.29 is 23.8 Å². The molecule has 3 fully saturated rings. The number of amides is 2. The predicted molar refractivity (Wildman–Crippen MR) is 157 cm³/mol. The summed E-state index contributed by atoms with van der Waals surface area (Å²) in [5.74, 6) is -1.28. The smallest absolute Gasteiger partial charge is 0.234 e. The number of hydrogen-bond donors (Lipinski definition) is 1. The number of carbonyl (C=O) groups excluding carboxylic acids is 2. The molecule has 2 aliphatic carbocycles. The number of allylic oxidation sites excluding steroid dienone is 2. The average molecular weight is 558 g/mol. The highest BCUT2D eigenvalue weighted by molar-refractivity contribution is 6.06. The van der Waals surface area contributed by atoms with Gasteiger partial charge in [0.1, 0.15) is 0 Å². The second kappa shape index (κ2) is 11.6. The first kappa shape index (κ1) is 27.9. The number of fused-ring (bicyclic) bond motifs is 3. The number of ether oxygens (including phenoxy) is 1. The highest BCUT2D eigenvalue weighted by atomic mass is 19.1. The predicted octanol–water partition coefficient (Wildman–Crippen LogP) is 7.16. The van der Waals surface area contributed by atoms with Gasteiger partial charge < -0.3 is 9.84 Å². The van der Waals surface area contributed by atoms with E-state index in [1.54, 1.807) is 11.0 Å². The van der Waals surface area contributed by atoms with Crippen molar-refractivity contribution in [3.63, 3.8) is 0 Å². The van der Waals surface area contributed by atoms with Crippen molar-refractivity contribution in [2.45, 2.75) is 77.4 Å². The second-order valence-electron chi connectivity index (χ2n) is 12.5. The molecule has 0 aromatic heterocycles. The molecule has 0 bridgehead atoms. The molecule has 4 atom stereocenters. The molecule has 6 heteroatoms. The molecule has 2 heterocycles. The van der Waals surface area contributed by atoms with Gasteiger partial charge in [-0.15, -0.1) is 0 Å². The zero-order valence-electron chi connectivity index (χ0n) is 24.0. The van der Waals surface area contributed by atoms with Crippen molar-refractivity contribution in [2.75, 3.05) is 6.61 Å². The maximum atomic E-state index is 14.1. The molecule has 2 saturated heterocycles. The summed E-state index contributed by atoms with van der Waals surface area (Å²) >= 11 is 0. The van der Waals surface area contributed by atoms with E-state index in [9.17, 15) is 19.1 Å². The summed E-state index contributed by atoms with van der Waals surface area (Å²) < 4.78 is 20.6. The molecule has 2 aliphatic heterocycles. The molecule has 4 aliphatic rings. The third kappa shape index (κ3) is 5.27. The fourth-order valence-corrected chi connectivity index (χ4v) is 7.74. The van der Waals surface area contributed by atoms with Crippen LogP contribution in [0.25, 0.3) is 11.6 Å². The highest BCUT2D eigenvalue weighted by Gasteiger charge is 2.58. The molecule has 6 rings (SSSR count). The van der Waals surface area contributed by atoms with Gasteiger partial charge in [0.2, 0.25) is 11.8 Å². The Labute approximate surface area is 242 Å². The minimum absolute atomic E-state index is 0.0284. The van der Waals surface area contributed by atoms with Crippen LogP contribution < -0.4 is 0 Å². The van der Waals surface area contributed by atoms with Gasteiger partial charge in [0.15, 0.2) is 11.6 Å². The normalized spacial score (nSPS) is 27.1. The van der Waals surface area contributed by atoms with Gasteiger partial charge in [-0.2, -0.15) is 0 Å². The van der Waals surface area contributed by atoms with Gasteiger partial charge in [-0.25, -0.2) is 4.39 Å². The number of likely N-dealkylation sites (tertiary alicyclic amines) is 1. The molecule has 0 radical (unpaired) electrons. The summed E-state index contributed by atoms with van der Waals surface area (Å²) in [5, 5.41) is 9.65. The van der Waals surface area contributed by atoms with Gasteiger partial charge in [-0.05, 0) is 72.4 Å². The number of hydrogen-bond acceptors (Lipinski definition) is 4. The molecule has 1 saturated carbocycles. The Morgan fingerprint density at radius 1 is 1.05 bits per heavy atom. The molecule has 0 spiro atoms. The topological polar surface area (TPSA) is 66.8 Å². The number of benzene rings is 2. The number of rotatable bonds is 7. The minimum Gasteiger partial charge on any atom is -0.505 e. The van der Waals surface area contributed by atoms with Crippen molar-refractivity contribution in [3.05, 3.63) is 76.6 Å². The lowest BCUT2D eigenvalue weighted by Crippen LogP contribution is -2.42. The minimum atomic E-state index is -0.644. The SMILES string of the molecule is CC(C)C1=C2[C@@H](CC/C(=C/c3ccc(O)c(F)c3)c3ccccc3)OC[C@@H]2[C@@H]2C(=O)N(C3CCCCC3)C(=O)[C@@H]2C1. The van der Waals surface area contributed by atoms with E-state index in [4.69, 9.17) is 4.74 Å². The van der Waals surface area contributed by atoms with E-state index in [1.165, 1.54) is 29.7 Å². The zero-order valence-corrected chi connectivity index (χ0v) is 24.0. The third-order valence-electron chi connectivity index (χ3n) is 9.75. The lowest BCUT2D eigenvalue weighted by Gasteiger charge is -2.33. The Hall–Kier alpha value is -3.25. The number of aromatic hydroxyl groups is 1. The van der Waals surface area contributed by atoms with E-state index >= 15 is 0 Å². The molecule has 1 N–H and O–H groups in total. The first-order chi connectivity index (χ1) is 19.8. The number of imide groups is 1. The summed E-state index contributed by atoms with van der Waals surface area (Å²) in [6, 6.07) is 14.5. The maximum Gasteiger partial charge on any atom is 0.234 e. The molecular weight excluding hydrogens is 517 g/mol. The van der Waals surface area contributed by atoms with Crippen molar-refractivity contribution in [1.29, 1.82) is 0 Å². The number of phenols is 1. The fourth-order valence-electron chi connectivity index (χ4n) is 7.74. The maximum absolute atomic E-state index is 14.1. The van der Waals surface area contributed by atoms with Gasteiger partial charge in [-0.1, -0.05) is 81.2 Å². The number of halogens is 1.